The molecule has 2 atom stereocenters. The monoisotopic (exact) mass is 265 g/mol. The molecule has 2 unspecified atom stereocenters. The first-order valence-corrected chi connectivity index (χ1v) is 7.23. The number of aromatic nitrogens is 1. The quantitative estimate of drug-likeness (QED) is 0.910. The molecule has 19 heavy (non-hydrogen) atoms. The third-order valence-electron chi connectivity index (χ3n) is 4.24. The third-order valence-corrected chi connectivity index (χ3v) is 4.24. The van der Waals surface area contributed by atoms with Crippen LogP contribution in [0.1, 0.15) is 44.8 Å². The summed E-state index contributed by atoms with van der Waals surface area (Å²) in [5.41, 5.74) is 6.95. The van der Waals surface area contributed by atoms with Crippen LogP contribution in [0.25, 0.3) is 0 Å². The van der Waals surface area contributed by atoms with Crippen LogP contribution in [0.5, 0.6) is 0 Å². The van der Waals surface area contributed by atoms with Gasteiger partial charge in [0, 0.05) is 6.04 Å². The van der Waals surface area contributed by atoms with Crippen molar-refractivity contribution in [2.45, 2.75) is 45.2 Å². The number of piperidine rings is 1. The Morgan fingerprint density at radius 2 is 2.11 bits per heavy atom. The molecule has 4 heteroatoms. The van der Waals surface area contributed by atoms with Gasteiger partial charge in [0.1, 0.15) is 5.82 Å². The van der Waals surface area contributed by atoms with E-state index in [0.29, 0.717) is 12.0 Å². The minimum absolute atomic E-state index is 0.269. The van der Waals surface area contributed by atoms with Gasteiger partial charge < -0.3 is 5.73 Å². The first-order valence-electron chi connectivity index (χ1n) is 7.23. The SMILES string of the molecule is CCC(c1ccc(F)cn1)N1CCC(C(C)N)CC1. The average molecular weight is 265 g/mol. The van der Waals surface area contributed by atoms with E-state index in [1.165, 1.54) is 12.3 Å². The molecule has 1 aromatic heterocycles. The second-order valence-corrected chi connectivity index (χ2v) is 5.56. The van der Waals surface area contributed by atoms with Gasteiger partial charge in [0.25, 0.3) is 0 Å². The highest BCUT2D eigenvalue weighted by Gasteiger charge is 2.27. The minimum Gasteiger partial charge on any atom is -0.328 e. The Bertz CT molecular complexity index is 383. The molecule has 1 aromatic rings. The number of nitrogens with zero attached hydrogens (tertiary/aromatic N) is 2. The molecule has 2 rings (SSSR count). The van der Waals surface area contributed by atoms with Crippen molar-refractivity contribution in [3.05, 3.63) is 29.8 Å². The molecule has 0 radical (unpaired) electrons. The molecule has 3 nitrogen and oxygen atoms in total. The molecule has 2 heterocycles. The maximum Gasteiger partial charge on any atom is 0.141 e. The lowest BCUT2D eigenvalue weighted by Gasteiger charge is -2.38. The molecule has 0 spiro atoms. The van der Waals surface area contributed by atoms with E-state index in [-0.39, 0.29) is 11.9 Å². The number of likely N-dealkylation sites (tertiary alicyclic amines) is 1. The normalized spacial score (nSPS) is 21.3. The molecule has 1 aliphatic heterocycles. The van der Waals surface area contributed by atoms with Gasteiger partial charge in [-0.1, -0.05) is 6.92 Å². The highest BCUT2D eigenvalue weighted by atomic mass is 19.1. The van der Waals surface area contributed by atoms with Crippen LogP contribution in [0, 0.1) is 11.7 Å². The maximum atomic E-state index is 12.9. The second-order valence-electron chi connectivity index (χ2n) is 5.56. The smallest absolute Gasteiger partial charge is 0.141 e. The van der Waals surface area contributed by atoms with Gasteiger partial charge in [-0.25, -0.2) is 4.39 Å². The molecule has 0 bridgehead atoms. The van der Waals surface area contributed by atoms with Gasteiger partial charge in [0.05, 0.1) is 17.9 Å². The lowest BCUT2D eigenvalue weighted by molar-refractivity contribution is 0.119. The van der Waals surface area contributed by atoms with Crippen LogP contribution in [0.3, 0.4) is 0 Å². The van der Waals surface area contributed by atoms with Crippen LogP contribution >= 0.6 is 0 Å². The van der Waals surface area contributed by atoms with Crippen LogP contribution in [0.4, 0.5) is 4.39 Å². The van der Waals surface area contributed by atoms with Gasteiger partial charge >= 0.3 is 0 Å². The Morgan fingerprint density at radius 1 is 1.42 bits per heavy atom. The van der Waals surface area contributed by atoms with Gasteiger partial charge in [0.2, 0.25) is 0 Å². The van der Waals surface area contributed by atoms with Gasteiger partial charge in [-0.15, -0.1) is 0 Å². The molecule has 2 N–H and O–H groups in total. The third kappa shape index (κ3) is 3.51. The van der Waals surface area contributed by atoms with Crippen LogP contribution in [-0.2, 0) is 0 Å². The fourth-order valence-electron chi connectivity index (χ4n) is 3.00. The summed E-state index contributed by atoms with van der Waals surface area (Å²) in [6.45, 7) is 6.38. The van der Waals surface area contributed by atoms with Crippen molar-refractivity contribution >= 4 is 0 Å². The zero-order chi connectivity index (χ0) is 13.8. The number of nitrogens with two attached hydrogens (primary N) is 1. The number of hydrogen-bond acceptors (Lipinski definition) is 3. The first-order chi connectivity index (χ1) is 9.11. The fourth-order valence-corrected chi connectivity index (χ4v) is 3.00. The summed E-state index contributed by atoms with van der Waals surface area (Å²) in [5, 5.41) is 0. The average Bonchev–Trinajstić information content (AvgIpc) is 2.42. The standard InChI is InChI=1S/C15H24FN3/c1-3-15(14-5-4-13(16)10-18-14)19-8-6-12(7-9-19)11(2)17/h4-5,10-12,15H,3,6-9,17H2,1-2H3. The van der Waals surface area contributed by atoms with Gasteiger partial charge in [-0.3, -0.25) is 9.88 Å². The zero-order valence-corrected chi connectivity index (χ0v) is 11.8. The largest absolute Gasteiger partial charge is 0.328 e. The lowest BCUT2D eigenvalue weighted by Crippen LogP contribution is -2.41. The molecule has 1 fully saturated rings. The van der Waals surface area contributed by atoms with E-state index < -0.39 is 0 Å². The fraction of sp³-hybridized carbons (Fsp3) is 0.667. The van der Waals surface area contributed by atoms with Crippen molar-refractivity contribution in [3.63, 3.8) is 0 Å². The summed E-state index contributed by atoms with van der Waals surface area (Å²) in [6.07, 6.45) is 4.61. The molecular formula is C15H24FN3. The molecule has 1 saturated heterocycles. The summed E-state index contributed by atoms with van der Waals surface area (Å²) in [5.74, 6) is 0.365. The van der Waals surface area contributed by atoms with Crippen LogP contribution in [-0.4, -0.2) is 29.0 Å². The first kappa shape index (κ1) is 14.4. The van der Waals surface area contributed by atoms with E-state index in [0.717, 1.165) is 38.0 Å². The predicted octanol–water partition coefficient (Wildman–Crippen LogP) is 2.73. The van der Waals surface area contributed by atoms with Crippen molar-refractivity contribution < 1.29 is 4.39 Å². The maximum absolute atomic E-state index is 12.9. The number of rotatable bonds is 4. The Morgan fingerprint density at radius 3 is 2.58 bits per heavy atom. The molecule has 106 valence electrons. The zero-order valence-electron chi connectivity index (χ0n) is 11.8. The summed E-state index contributed by atoms with van der Waals surface area (Å²) >= 11 is 0. The number of hydrogen-bond donors (Lipinski definition) is 1. The Hall–Kier alpha value is -1.00. The van der Waals surface area contributed by atoms with E-state index in [9.17, 15) is 4.39 Å². The number of halogens is 1. The van der Waals surface area contributed by atoms with Gasteiger partial charge in [0.15, 0.2) is 0 Å². The highest BCUT2D eigenvalue weighted by molar-refractivity contribution is 5.10. The van der Waals surface area contributed by atoms with Crippen LogP contribution < -0.4 is 5.73 Å². The predicted molar refractivity (Wildman–Crippen MR) is 75.2 cm³/mol. The van der Waals surface area contributed by atoms with E-state index in [1.54, 1.807) is 6.07 Å². The highest BCUT2D eigenvalue weighted by Crippen LogP contribution is 2.29. The lowest BCUT2D eigenvalue weighted by atomic mass is 9.89. The van der Waals surface area contributed by atoms with Crippen molar-refractivity contribution in [2.24, 2.45) is 11.7 Å². The van der Waals surface area contributed by atoms with E-state index in [1.807, 2.05) is 0 Å². The molecule has 0 amide bonds. The Labute approximate surface area is 115 Å². The summed E-state index contributed by atoms with van der Waals surface area (Å²) in [4.78, 5) is 6.69. The second kappa shape index (κ2) is 6.44. The summed E-state index contributed by atoms with van der Waals surface area (Å²) in [7, 11) is 0. The summed E-state index contributed by atoms with van der Waals surface area (Å²) in [6, 6.07) is 3.89. The van der Waals surface area contributed by atoms with E-state index >= 15 is 0 Å². The molecular weight excluding hydrogens is 241 g/mol. The Balaban J connectivity index is 2.01. The Kier molecular flexibility index (Phi) is 4.88. The molecule has 0 aromatic carbocycles. The summed E-state index contributed by atoms with van der Waals surface area (Å²) < 4.78 is 12.9. The van der Waals surface area contributed by atoms with E-state index in [4.69, 9.17) is 5.73 Å². The van der Waals surface area contributed by atoms with Crippen molar-refractivity contribution in [3.8, 4) is 0 Å². The van der Waals surface area contributed by atoms with Crippen molar-refractivity contribution in [1.29, 1.82) is 0 Å². The van der Waals surface area contributed by atoms with Crippen LogP contribution in [0.2, 0.25) is 0 Å². The molecule has 0 aliphatic carbocycles. The van der Waals surface area contributed by atoms with E-state index in [2.05, 4.69) is 23.7 Å². The number of pyridine rings is 1. The van der Waals surface area contributed by atoms with Gasteiger partial charge in [-0.05, 0) is 57.3 Å². The molecule has 0 saturated carbocycles. The van der Waals surface area contributed by atoms with Crippen molar-refractivity contribution in [2.75, 3.05) is 13.1 Å². The topological polar surface area (TPSA) is 42.2 Å². The van der Waals surface area contributed by atoms with Gasteiger partial charge in [-0.2, -0.15) is 0 Å². The van der Waals surface area contributed by atoms with Crippen LogP contribution in [0.15, 0.2) is 18.3 Å². The molecule has 1 aliphatic rings. The minimum atomic E-state index is -0.269. The van der Waals surface area contributed by atoms with Crippen molar-refractivity contribution in [1.82, 2.24) is 9.88 Å².